The number of aromatic nitrogens is 4. The van der Waals surface area contributed by atoms with Crippen LogP contribution in [0, 0.1) is 0 Å². The molecule has 8 nitrogen and oxygen atoms in total. The van der Waals surface area contributed by atoms with Crippen LogP contribution in [-0.4, -0.2) is 30.3 Å². The van der Waals surface area contributed by atoms with Crippen LogP contribution in [0.15, 0.2) is 46.2 Å². The first kappa shape index (κ1) is 23.0. The molecule has 2 heterocycles. The molecule has 0 bridgehead atoms. The number of hydrogen-bond donors (Lipinski definition) is 2. The van der Waals surface area contributed by atoms with Crippen LogP contribution >= 0.6 is 0 Å². The van der Waals surface area contributed by atoms with Crippen molar-refractivity contribution in [3.63, 3.8) is 0 Å². The normalized spacial score (nSPS) is 13.5. The molecule has 2 unspecified atom stereocenters. The molecule has 0 fully saturated rings. The van der Waals surface area contributed by atoms with E-state index in [1.807, 2.05) is 30.3 Å². The van der Waals surface area contributed by atoms with Crippen LogP contribution in [0.2, 0.25) is 0 Å². The van der Waals surface area contributed by atoms with Gasteiger partial charge in [-0.15, -0.1) is 0 Å². The zero-order valence-electron chi connectivity index (χ0n) is 18.6. The largest absolute Gasteiger partial charge is 0.388 e. The Morgan fingerprint density at radius 2 is 1.81 bits per heavy atom. The van der Waals surface area contributed by atoms with Crippen molar-refractivity contribution in [3.8, 4) is 0 Å². The monoisotopic (exact) mass is 427 g/mol. The Balaban J connectivity index is 1.77. The summed E-state index contributed by atoms with van der Waals surface area (Å²) in [5.74, 6) is 0. The molecular weight excluding hydrogens is 394 g/mol. The van der Waals surface area contributed by atoms with Gasteiger partial charge in [-0.2, -0.15) is 0 Å². The highest BCUT2D eigenvalue weighted by Gasteiger charge is 2.21. The molecule has 0 aliphatic rings. The average molecular weight is 428 g/mol. The molecule has 0 aliphatic carbocycles. The highest BCUT2D eigenvalue weighted by molar-refractivity contribution is 5.69. The van der Waals surface area contributed by atoms with E-state index in [0.29, 0.717) is 30.6 Å². The third-order valence-electron chi connectivity index (χ3n) is 5.76. The fourth-order valence-corrected chi connectivity index (χ4v) is 3.95. The van der Waals surface area contributed by atoms with Gasteiger partial charge in [-0.1, -0.05) is 56.5 Å². The second kappa shape index (κ2) is 10.5. The van der Waals surface area contributed by atoms with Crippen molar-refractivity contribution < 1.29 is 5.11 Å². The fraction of sp³-hybridized carbons (Fsp3) is 0.522. The smallest absolute Gasteiger partial charge is 0.333 e. The number of imidazole rings is 1. The lowest BCUT2D eigenvalue weighted by Gasteiger charge is -2.22. The number of hydrogen-bond acceptors (Lipinski definition) is 5. The average Bonchev–Trinajstić information content (AvgIpc) is 3.17. The van der Waals surface area contributed by atoms with Crippen molar-refractivity contribution in [1.29, 1.82) is 0 Å². The summed E-state index contributed by atoms with van der Waals surface area (Å²) in [7, 11) is 3.41. The summed E-state index contributed by atoms with van der Waals surface area (Å²) in [5, 5.41) is 13.8. The van der Waals surface area contributed by atoms with Crippen LogP contribution in [0.25, 0.3) is 11.2 Å². The van der Waals surface area contributed by atoms with Gasteiger partial charge in [0.15, 0.2) is 11.2 Å². The number of aliphatic hydroxyl groups excluding tert-OH is 1. The third-order valence-corrected chi connectivity index (χ3v) is 5.76. The van der Waals surface area contributed by atoms with Crippen molar-refractivity contribution in [2.75, 3.05) is 6.54 Å². The fourth-order valence-electron chi connectivity index (χ4n) is 3.95. The Morgan fingerprint density at radius 3 is 2.52 bits per heavy atom. The Bertz CT molecular complexity index is 1100. The quantitative estimate of drug-likeness (QED) is 0.459. The highest BCUT2D eigenvalue weighted by Crippen LogP contribution is 2.18. The minimum Gasteiger partial charge on any atom is -0.388 e. The maximum atomic E-state index is 13.2. The molecule has 8 heteroatoms. The summed E-state index contributed by atoms with van der Waals surface area (Å²) in [6.07, 6.45) is 5.66. The lowest BCUT2D eigenvalue weighted by atomic mass is 10.1. The van der Waals surface area contributed by atoms with E-state index >= 15 is 0 Å². The van der Waals surface area contributed by atoms with E-state index in [-0.39, 0.29) is 11.2 Å². The summed E-state index contributed by atoms with van der Waals surface area (Å²) >= 11 is 0. The molecule has 0 aliphatic heterocycles. The standard InChI is InChI=1S/C23H33N5O3/c1-4-5-7-14-19(24-15-10-13-18(29)17-11-8-6-9-12-17)28-22(30)20-21(25-16-26(20)2)27(3)23(28)31/h6,8-9,11-12,16,18-19,24,29H,4-5,7,10,13-15H2,1-3H3. The van der Waals surface area contributed by atoms with Gasteiger partial charge in [0.25, 0.3) is 5.56 Å². The summed E-state index contributed by atoms with van der Waals surface area (Å²) in [6, 6.07) is 9.58. The number of rotatable bonds is 11. The Hall–Kier alpha value is -2.71. The van der Waals surface area contributed by atoms with Crippen LogP contribution in [0.1, 0.15) is 63.3 Å². The van der Waals surface area contributed by atoms with Crippen LogP contribution in [0.4, 0.5) is 0 Å². The van der Waals surface area contributed by atoms with Gasteiger partial charge in [0.1, 0.15) is 0 Å². The van der Waals surface area contributed by atoms with Crippen molar-refractivity contribution in [3.05, 3.63) is 63.1 Å². The Labute approximate surface area is 182 Å². The highest BCUT2D eigenvalue weighted by atomic mass is 16.3. The van der Waals surface area contributed by atoms with Crippen LogP contribution in [-0.2, 0) is 14.1 Å². The number of unbranched alkanes of at least 4 members (excludes halogenated alkanes) is 2. The van der Waals surface area contributed by atoms with E-state index in [9.17, 15) is 14.7 Å². The summed E-state index contributed by atoms with van der Waals surface area (Å²) in [5.41, 5.74) is 1.02. The number of benzene rings is 1. The topological polar surface area (TPSA) is 94.1 Å². The number of nitrogens with zero attached hydrogens (tertiary/aromatic N) is 4. The lowest BCUT2D eigenvalue weighted by molar-refractivity contribution is 0.163. The minimum atomic E-state index is -0.525. The molecule has 1 aromatic carbocycles. The molecule has 0 saturated heterocycles. The van der Waals surface area contributed by atoms with Gasteiger partial charge in [-0.05, 0) is 31.4 Å². The maximum Gasteiger partial charge on any atom is 0.333 e. The second-order valence-electron chi connectivity index (χ2n) is 8.08. The molecule has 3 aromatic rings. The summed E-state index contributed by atoms with van der Waals surface area (Å²) in [6.45, 7) is 2.72. The van der Waals surface area contributed by atoms with E-state index < -0.39 is 12.3 Å². The van der Waals surface area contributed by atoms with Gasteiger partial charge in [-0.25, -0.2) is 14.3 Å². The first-order valence-corrected chi connectivity index (χ1v) is 11.0. The zero-order valence-corrected chi connectivity index (χ0v) is 18.6. The number of aryl methyl sites for hydroxylation is 2. The summed E-state index contributed by atoms with van der Waals surface area (Å²) < 4.78 is 4.42. The molecule has 0 radical (unpaired) electrons. The van der Waals surface area contributed by atoms with E-state index in [1.165, 1.54) is 9.13 Å². The minimum absolute atomic E-state index is 0.323. The van der Waals surface area contributed by atoms with E-state index in [0.717, 1.165) is 31.2 Å². The third kappa shape index (κ3) is 5.14. The zero-order chi connectivity index (χ0) is 22.4. The molecule has 3 rings (SSSR count). The van der Waals surface area contributed by atoms with Crippen molar-refractivity contribution in [2.24, 2.45) is 14.1 Å². The number of fused-ring (bicyclic) bond motifs is 1. The number of nitrogens with one attached hydrogen (secondary N) is 1. The van der Waals surface area contributed by atoms with Crippen LogP contribution < -0.4 is 16.6 Å². The summed E-state index contributed by atoms with van der Waals surface area (Å²) in [4.78, 5) is 30.4. The van der Waals surface area contributed by atoms with Gasteiger partial charge in [-0.3, -0.25) is 14.7 Å². The SMILES string of the molecule is CCCCCC(NCCCC(O)c1ccccc1)n1c(=O)c2c(ncn2C)n(C)c1=O. The van der Waals surface area contributed by atoms with Crippen molar-refractivity contribution in [1.82, 2.24) is 24.0 Å². The Kier molecular flexibility index (Phi) is 7.81. The Morgan fingerprint density at radius 1 is 1.06 bits per heavy atom. The molecule has 0 amide bonds. The molecule has 2 aromatic heterocycles. The lowest BCUT2D eigenvalue weighted by Crippen LogP contribution is -2.46. The molecule has 0 saturated carbocycles. The first-order chi connectivity index (χ1) is 15.0. The molecule has 2 N–H and O–H groups in total. The molecule has 168 valence electrons. The van der Waals surface area contributed by atoms with Gasteiger partial charge < -0.3 is 9.67 Å². The second-order valence-corrected chi connectivity index (χ2v) is 8.08. The van der Waals surface area contributed by atoms with E-state index in [1.54, 1.807) is 25.0 Å². The molecule has 31 heavy (non-hydrogen) atoms. The van der Waals surface area contributed by atoms with Gasteiger partial charge in [0.2, 0.25) is 0 Å². The molecule has 2 atom stereocenters. The van der Waals surface area contributed by atoms with Gasteiger partial charge in [0, 0.05) is 14.1 Å². The molecule has 0 spiro atoms. The maximum absolute atomic E-state index is 13.2. The van der Waals surface area contributed by atoms with Crippen LogP contribution in [0.3, 0.4) is 0 Å². The van der Waals surface area contributed by atoms with Crippen molar-refractivity contribution >= 4 is 11.2 Å². The van der Waals surface area contributed by atoms with E-state index in [4.69, 9.17) is 0 Å². The predicted octanol–water partition coefficient (Wildman–Crippen LogP) is 2.62. The predicted molar refractivity (Wildman–Crippen MR) is 122 cm³/mol. The van der Waals surface area contributed by atoms with E-state index in [2.05, 4.69) is 17.2 Å². The number of aliphatic hydroxyl groups is 1. The molecular formula is C23H33N5O3. The van der Waals surface area contributed by atoms with Gasteiger partial charge >= 0.3 is 5.69 Å². The first-order valence-electron chi connectivity index (χ1n) is 11.0. The van der Waals surface area contributed by atoms with Crippen LogP contribution in [0.5, 0.6) is 0 Å². The van der Waals surface area contributed by atoms with Crippen molar-refractivity contribution in [2.45, 2.75) is 57.7 Å². The van der Waals surface area contributed by atoms with Gasteiger partial charge in [0.05, 0.1) is 18.6 Å².